The number of rotatable bonds is 4. The van der Waals surface area contributed by atoms with Gasteiger partial charge in [0.2, 0.25) is 0 Å². The van der Waals surface area contributed by atoms with Gasteiger partial charge in [-0.15, -0.1) is 0 Å². The standard InChI is InChI=1S/C68H74BN3O/c1-63(2,3)45-23-29-49(30-24-45)70-56-34-27-48(66(10,11)12)40-54(56)69-60-57(70)41-51(72-55-33-22-44(43-20-16-15-17-21-43)38-53(55)67(13)36-18-19-37-68(67,72)14)42-58(60)71(50-31-25-46(26-32-50)64(4,5)6)61-52-39-47(65(7,8)9)28-35-59(52)73-62(61)69/h15-17,20-35,38-42H,18-19,36-37H2,1-14H3. The highest BCUT2D eigenvalue weighted by Crippen LogP contribution is 2.62. The van der Waals surface area contributed by atoms with E-state index in [0.717, 1.165) is 46.5 Å². The van der Waals surface area contributed by atoms with Gasteiger partial charge in [-0.1, -0.05) is 182 Å². The molecule has 73 heavy (non-hydrogen) atoms. The van der Waals surface area contributed by atoms with Gasteiger partial charge in [0.25, 0.3) is 6.71 Å². The smallest absolute Gasteiger partial charge is 0.297 e. The highest BCUT2D eigenvalue weighted by molar-refractivity contribution is 7.00. The van der Waals surface area contributed by atoms with E-state index in [9.17, 15) is 0 Å². The molecule has 1 aliphatic carbocycles. The molecule has 7 aromatic carbocycles. The van der Waals surface area contributed by atoms with Crippen LogP contribution in [0.3, 0.4) is 0 Å². The summed E-state index contributed by atoms with van der Waals surface area (Å²) in [6.45, 7) is 32.8. The molecule has 0 bridgehead atoms. The number of hydrogen-bond acceptors (Lipinski definition) is 4. The normalized spacial score (nSPS) is 19.4. The highest BCUT2D eigenvalue weighted by atomic mass is 16.3. The van der Waals surface area contributed by atoms with Crippen LogP contribution in [0.25, 0.3) is 22.1 Å². The average molecular weight is 960 g/mol. The van der Waals surface area contributed by atoms with Gasteiger partial charge >= 0.3 is 0 Å². The Labute approximate surface area is 436 Å². The van der Waals surface area contributed by atoms with Crippen LogP contribution in [0.2, 0.25) is 0 Å². The summed E-state index contributed by atoms with van der Waals surface area (Å²) in [5.41, 5.74) is 23.0. The summed E-state index contributed by atoms with van der Waals surface area (Å²) in [6.07, 6.45) is 4.68. The molecule has 0 amide bonds. The van der Waals surface area contributed by atoms with Crippen LogP contribution < -0.4 is 31.3 Å². The van der Waals surface area contributed by atoms with Gasteiger partial charge in [-0.05, 0) is 158 Å². The molecule has 1 aromatic heterocycles. The molecule has 0 radical (unpaired) electrons. The Morgan fingerprint density at radius 3 is 1.62 bits per heavy atom. The van der Waals surface area contributed by atoms with Crippen molar-refractivity contribution >= 4 is 79.8 Å². The molecule has 1 saturated carbocycles. The first-order chi connectivity index (χ1) is 34.5. The number of hydrogen-bond donors (Lipinski definition) is 0. The first kappa shape index (κ1) is 47.5. The van der Waals surface area contributed by atoms with Crippen molar-refractivity contribution in [1.29, 1.82) is 0 Å². The zero-order chi connectivity index (χ0) is 51.4. The maximum atomic E-state index is 7.47. The van der Waals surface area contributed by atoms with Gasteiger partial charge < -0.3 is 19.1 Å². The number of fused-ring (bicyclic) bond motifs is 9. The second-order valence-electron chi connectivity index (χ2n) is 26.6. The highest BCUT2D eigenvalue weighted by Gasteiger charge is 2.58. The quantitative estimate of drug-likeness (QED) is 0.164. The second-order valence-corrected chi connectivity index (χ2v) is 26.6. The van der Waals surface area contributed by atoms with Crippen LogP contribution in [0.15, 0.2) is 150 Å². The van der Waals surface area contributed by atoms with E-state index in [-0.39, 0.29) is 39.3 Å². The molecular weight excluding hydrogens is 886 g/mol. The summed E-state index contributed by atoms with van der Waals surface area (Å²) in [5, 5.41) is 1.15. The molecule has 8 aromatic rings. The molecule has 12 rings (SSSR count). The summed E-state index contributed by atoms with van der Waals surface area (Å²) < 4.78 is 7.47. The Morgan fingerprint density at radius 1 is 0.466 bits per heavy atom. The van der Waals surface area contributed by atoms with E-state index in [0.29, 0.717) is 0 Å². The van der Waals surface area contributed by atoms with Crippen LogP contribution in [0.4, 0.5) is 45.5 Å². The van der Waals surface area contributed by atoms with Crippen LogP contribution in [-0.2, 0) is 27.1 Å². The largest absolute Gasteiger partial charge is 0.468 e. The van der Waals surface area contributed by atoms with Crippen molar-refractivity contribution in [2.45, 2.75) is 155 Å². The minimum absolute atomic E-state index is 0.00281. The van der Waals surface area contributed by atoms with Gasteiger partial charge in [-0.25, -0.2) is 0 Å². The molecule has 0 spiro atoms. The Balaban J connectivity index is 1.21. The molecule has 1 fully saturated rings. The molecule has 370 valence electrons. The van der Waals surface area contributed by atoms with Crippen molar-refractivity contribution in [1.82, 2.24) is 0 Å². The van der Waals surface area contributed by atoms with Crippen LogP contribution in [0, 0.1) is 0 Å². The topological polar surface area (TPSA) is 22.9 Å². The molecule has 2 unspecified atom stereocenters. The molecule has 0 saturated heterocycles. The third kappa shape index (κ3) is 7.29. The van der Waals surface area contributed by atoms with Gasteiger partial charge in [0.15, 0.2) is 0 Å². The van der Waals surface area contributed by atoms with Crippen LogP contribution in [0.1, 0.15) is 150 Å². The summed E-state index contributed by atoms with van der Waals surface area (Å²) in [5.74, 6) is 0. The predicted molar refractivity (Wildman–Crippen MR) is 313 cm³/mol. The molecule has 3 aliphatic heterocycles. The van der Waals surface area contributed by atoms with E-state index < -0.39 is 0 Å². The lowest BCUT2D eigenvalue weighted by Gasteiger charge is -2.51. The van der Waals surface area contributed by atoms with Crippen molar-refractivity contribution in [3.05, 3.63) is 173 Å². The maximum Gasteiger partial charge on any atom is 0.297 e. The summed E-state index contributed by atoms with van der Waals surface area (Å²) >= 11 is 0. The third-order valence-electron chi connectivity index (χ3n) is 17.8. The van der Waals surface area contributed by atoms with Crippen molar-refractivity contribution in [2.75, 3.05) is 14.7 Å². The zero-order valence-electron chi connectivity index (χ0n) is 46.0. The lowest BCUT2D eigenvalue weighted by molar-refractivity contribution is 0.195. The lowest BCUT2D eigenvalue weighted by atomic mass is 9.35. The van der Waals surface area contributed by atoms with Crippen molar-refractivity contribution in [2.24, 2.45) is 0 Å². The van der Waals surface area contributed by atoms with Crippen LogP contribution in [0.5, 0.6) is 0 Å². The van der Waals surface area contributed by atoms with Gasteiger partial charge in [-0.3, -0.25) is 0 Å². The molecule has 4 nitrogen and oxygen atoms in total. The Morgan fingerprint density at radius 2 is 1.00 bits per heavy atom. The van der Waals surface area contributed by atoms with Crippen LogP contribution >= 0.6 is 0 Å². The Bertz CT molecular complexity index is 3480. The van der Waals surface area contributed by atoms with E-state index in [1.54, 1.807) is 0 Å². The summed E-state index contributed by atoms with van der Waals surface area (Å²) in [6, 6.07) is 56.6. The SMILES string of the molecule is CC(C)(C)c1ccc(N2c3ccc(C(C)(C)C)cc3B3c4oc5ccc(C(C)(C)C)cc5c4N(c4ccc(C(C)(C)C)cc4)c4cc(N5c6ccc(-c7ccccc7)cc6C6(C)CCCCC56C)cc2c43)cc1. The molecule has 4 aliphatic rings. The number of nitrogens with zero attached hydrogens (tertiary/aromatic N) is 3. The number of anilines is 8. The van der Waals surface area contributed by atoms with Gasteiger partial charge in [0, 0.05) is 50.6 Å². The average Bonchev–Trinajstić information content (AvgIpc) is 3.82. The molecular formula is C68H74BN3O. The van der Waals surface area contributed by atoms with E-state index in [1.807, 2.05) is 0 Å². The van der Waals surface area contributed by atoms with E-state index in [4.69, 9.17) is 4.42 Å². The van der Waals surface area contributed by atoms with Gasteiger partial charge in [0.05, 0.1) is 16.9 Å². The van der Waals surface area contributed by atoms with Crippen LogP contribution in [-0.4, -0.2) is 12.3 Å². The summed E-state index contributed by atoms with van der Waals surface area (Å²) in [7, 11) is 0. The first-order valence-corrected chi connectivity index (χ1v) is 27.2. The fourth-order valence-electron chi connectivity index (χ4n) is 13.3. The number of benzene rings is 7. The Hall–Kier alpha value is -6.46. The predicted octanol–water partition coefficient (Wildman–Crippen LogP) is 17.1. The minimum atomic E-state index is -0.181. The van der Waals surface area contributed by atoms with Gasteiger partial charge in [0.1, 0.15) is 5.58 Å². The maximum absolute atomic E-state index is 7.47. The van der Waals surface area contributed by atoms with Crippen molar-refractivity contribution < 1.29 is 4.42 Å². The number of furan rings is 1. The minimum Gasteiger partial charge on any atom is -0.468 e. The van der Waals surface area contributed by atoms with Crippen molar-refractivity contribution in [3.63, 3.8) is 0 Å². The second kappa shape index (κ2) is 16.0. The molecule has 5 heteroatoms. The van der Waals surface area contributed by atoms with E-state index in [2.05, 4.69) is 257 Å². The van der Waals surface area contributed by atoms with E-state index in [1.165, 1.54) is 91.1 Å². The van der Waals surface area contributed by atoms with E-state index >= 15 is 0 Å². The van der Waals surface area contributed by atoms with Crippen molar-refractivity contribution in [3.8, 4) is 11.1 Å². The third-order valence-corrected chi connectivity index (χ3v) is 17.8. The molecule has 2 atom stereocenters. The molecule has 4 heterocycles. The first-order valence-electron chi connectivity index (χ1n) is 27.2. The lowest BCUT2D eigenvalue weighted by Crippen LogP contribution is -2.61. The zero-order valence-corrected chi connectivity index (χ0v) is 46.0. The van der Waals surface area contributed by atoms with Gasteiger partial charge in [-0.2, -0.15) is 0 Å². The monoisotopic (exact) mass is 960 g/mol. The fraction of sp³-hybridized carbons (Fsp3) is 0.353. The fourth-order valence-corrected chi connectivity index (χ4v) is 13.3. The summed E-state index contributed by atoms with van der Waals surface area (Å²) in [4.78, 5) is 7.98. The molecule has 0 N–H and O–H groups in total. The Kier molecular flexibility index (Phi) is 10.4.